The second-order valence-electron chi connectivity index (χ2n) is 7.74. The van der Waals surface area contributed by atoms with Gasteiger partial charge < -0.3 is 15.2 Å². The first-order chi connectivity index (χ1) is 14.2. The van der Waals surface area contributed by atoms with Crippen LogP contribution in [0.1, 0.15) is 43.4 Å². The second-order valence-corrected chi connectivity index (χ2v) is 8.17. The predicted molar refractivity (Wildman–Crippen MR) is 117 cm³/mol. The molecule has 5 heteroatoms. The van der Waals surface area contributed by atoms with E-state index in [0.29, 0.717) is 6.61 Å². The van der Waals surface area contributed by atoms with Crippen molar-refractivity contribution < 1.29 is 9.84 Å². The lowest BCUT2D eigenvalue weighted by Gasteiger charge is -2.37. The molecule has 2 aromatic rings. The van der Waals surface area contributed by atoms with E-state index in [1.54, 1.807) is 6.20 Å². The number of unbranched alkanes of at least 4 members (excludes halogenated alkanes) is 2. The summed E-state index contributed by atoms with van der Waals surface area (Å²) in [6.45, 7) is 2.86. The van der Waals surface area contributed by atoms with Gasteiger partial charge in [0.25, 0.3) is 0 Å². The number of aliphatic hydroxyl groups excluding tert-OH is 1. The number of nitrogens with one attached hydrogen (secondary N) is 1. The quantitative estimate of drug-likeness (QED) is 0.503. The largest absolute Gasteiger partial charge is 0.491 e. The van der Waals surface area contributed by atoms with Gasteiger partial charge in [-0.05, 0) is 74.4 Å². The fourth-order valence-electron chi connectivity index (χ4n) is 3.69. The molecule has 0 saturated carbocycles. The molecular formula is C24H29ClN2O2. The van der Waals surface area contributed by atoms with Gasteiger partial charge in [-0.2, -0.15) is 0 Å². The molecule has 0 bridgehead atoms. The first kappa shape index (κ1) is 21.6. The molecule has 1 aliphatic rings. The molecule has 3 rings (SSSR count). The molecule has 1 unspecified atom stereocenters. The Morgan fingerprint density at radius 2 is 2.17 bits per heavy atom. The normalized spacial score (nSPS) is 18.7. The molecule has 154 valence electrons. The highest BCUT2D eigenvalue weighted by molar-refractivity contribution is 6.30. The third-order valence-electron chi connectivity index (χ3n) is 5.24. The lowest BCUT2D eigenvalue weighted by atomic mass is 9.76. The van der Waals surface area contributed by atoms with Gasteiger partial charge in [-0.25, -0.2) is 4.98 Å². The highest BCUT2D eigenvalue weighted by Gasteiger charge is 2.33. The van der Waals surface area contributed by atoms with Gasteiger partial charge in [0.2, 0.25) is 0 Å². The van der Waals surface area contributed by atoms with Crippen molar-refractivity contribution in [2.75, 3.05) is 26.3 Å². The van der Waals surface area contributed by atoms with E-state index < -0.39 is 0 Å². The Hall–Kier alpha value is -2.06. The van der Waals surface area contributed by atoms with E-state index in [1.165, 1.54) is 5.56 Å². The summed E-state index contributed by atoms with van der Waals surface area (Å²) in [4.78, 5) is 4.40. The van der Waals surface area contributed by atoms with Gasteiger partial charge >= 0.3 is 0 Å². The fraction of sp³-hybridized carbons (Fsp3) is 0.458. The molecule has 1 saturated heterocycles. The predicted octanol–water partition coefficient (Wildman–Crippen LogP) is 4.24. The number of rotatable bonds is 8. The van der Waals surface area contributed by atoms with Crippen LogP contribution in [0.5, 0.6) is 5.75 Å². The Morgan fingerprint density at radius 1 is 1.24 bits per heavy atom. The van der Waals surface area contributed by atoms with Crippen LogP contribution in [0.4, 0.5) is 0 Å². The number of hydrogen-bond donors (Lipinski definition) is 2. The minimum absolute atomic E-state index is 0.0497. The monoisotopic (exact) mass is 412 g/mol. The molecule has 0 radical (unpaired) electrons. The number of aromatic nitrogens is 1. The van der Waals surface area contributed by atoms with E-state index in [2.05, 4.69) is 28.2 Å². The highest BCUT2D eigenvalue weighted by Crippen LogP contribution is 2.32. The minimum atomic E-state index is 0.0497. The summed E-state index contributed by atoms with van der Waals surface area (Å²) in [6, 6.07) is 11.9. The van der Waals surface area contributed by atoms with Crippen LogP contribution in [0.3, 0.4) is 0 Å². The van der Waals surface area contributed by atoms with Crippen LogP contribution in [-0.4, -0.2) is 36.4 Å². The Labute approximate surface area is 178 Å². The van der Waals surface area contributed by atoms with E-state index in [9.17, 15) is 0 Å². The fourth-order valence-corrected chi connectivity index (χ4v) is 3.90. The lowest BCUT2D eigenvalue weighted by molar-refractivity contribution is 0.110. The zero-order valence-electron chi connectivity index (χ0n) is 16.8. The molecule has 1 aromatic carbocycles. The van der Waals surface area contributed by atoms with Crippen LogP contribution >= 0.6 is 11.6 Å². The van der Waals surface area contributed by atoms with Crippen molar-refractivity contribution in [2.24, 2.45) is 5.41 Å². The molecule has 4 nitrogen and oxygen atoms in total. The number of nitrogens with zero attached hydrogens (tertiary/aromatic N) is 1. The topological polar surface area (TPSA) is 54.4 Å². The molecule has 29 heavy (non-hydrogen) atoms. The summed E-state index contributed by atoms with van der Waals surface area (Å²) in [5.41, 5.74) is 2.04. The number of benzene rings is 1. The zero-order chi connectivity index (χ0) is 20.4. The van der Waals surface area contributed by atoms with Crippen LogP contribution in [0, 0.1) is 17.3 Å². The number of hydrogen-bond acceptors (Lipinski definition) is 4. The van der Waals surface area contributed by atoms with Crippen LogP contribution in [-0.2, 0) is 6.42 Å². The minimum Gasteiger partial charge on any atom is -0.491 e. The van der Waals surface area contributed by atoms with Gasteiger partial charge in [0.05, 0.1) is 12.8 Å². The van der Waals surface area contributed by atoms with E-state index in [-0.39, 0.29) is 12.0 Å². The maximum atomic E-state index is 8.79. The molecule has 0 amide bonds. The Kier molecular flexibility index (Phi) is 8.37. The first-order valence-corrected chi connectivity index (χ1v) is 10.7. The molecule has 2 heterocycles. The van der Waals surface area contributed by atoms with Crippen LogP contribution in [0.2, 0.25) is 5.02 Å². The molecule has 2 N–H and O–H groups in total. The average molecular weight is 413 g/mol. The van der Waals surface area contributed by atoms with Gasteiger partial charge in [-0.1, -0.05) is 29.7 Å². The zero-order valence-corrected chi connectivity index (χ0v) is 17.5. The standard InChI is InChI=1S/C24H29ClN2O2/c25-21-8-5-7-20(15-21)16-24(12-6-13-26-18-24)19-29-23-11-10-22(27-17-23)9-3-1-2-4-14-28/h5,7-8,10-11,15,17,26,28H,1-2,4,6,12-14,16,18-19H2. The third-order valence-corrected chi connectivity index (χ3v) is 5.47. The van der Waals surface area contributed by atoms with Crippen molar-refractivity contribution in [1.29, 1.82) is 0 Å². The smallest absolute Gasteiger partial charge is 0.137 e. The third kappa shape index (κ3) is 7.04. The van der Waals surface area contributed by atoms with Crippen LogP contribution in [0.25, 0.3) is 0 Å². The van der Waals surface area contributed by atoms with Crippen molar-refractivity contribution in [3.63, 3.8) is 0 Å². The van der Waals surface area contributed by atoms with E-state index in [4.69, 9.17) is 21.4 Å². The van der Waals surface area contributed by atoms with Crippen LogP contribution < -0.4 is 10.1 Å². The molecule has 0 spiro atoms. The van der Waals surface area contributed by atoms with Gasteiger partial charge in [0.1, 0.15) is 11.4 Å². The molecular weight excluding hydrogens is 384 g/mol. The summed E-state index contributed by atoms with van der Waals surface area (Å²) in [7, 11) is 0. The van der Waals surface area contributed by atoms with E-state index in [0.717, 1.165) is 68.1 Å². The Balaban J connectivity index is 1.59. The summed E-state index contributed by atoms with van der Waals surface area (Å²) in [6.07, 6.45) is 7.43. The van der Waals surface area contributed by atoms with Gasteiger partial charge in [-0.15, -0.1) is 0 Å². The number of pyridine rings is 1. The maximum Gasteiger partial charge on any atom is 0.137 e. The summed E-state index contributed by atoms with van der Waals surface area (Å²) < 4.78 is 6.15. The van der Waals surface area contributed by atoms with Gasteiger partial charge in [0, 0.05) is 30.0 Å². The number of aliphatic hydroxyl groups is 1. The summed E-state index contributed by atoms with van der Waals surface area (Å²) in [5, 5.41) is 13.1. The second kappa shape index (κ2) is 11.2. The van der Waals surface area contributed by atoms with Crippen molar-refractivity contribution in [2.45, 2.75) is 38.5 Å². The molecule has 0 aliphatic carbocycles. The van der Waals surface area contributed by atoms with Crippen molar-refractivity contribution in [3.8, 4) is 17.6 Å². The lowest BCUT2D eigenvalue weighted by Crippen LogP contribution is -2.45. The highest BCUT2D eigenvalue weighted by atomic mass is 35.5. The molecule has 1 atom stereocenters. The maximum absolute atomic E-state index is 8.79. The molecule has 1 fully saturated rings. The summed E-state index contributed by atoms with van der Waals surface area (Å²) >= 11 is 6.18. The van der Waals surface area contributed by atoms with E-state index in [1.807, 2.05) is 30.3 Å². The van der Waals surface area contributed by atoms with E-state index >= 15 is 0 Å². The van der Waals surface area contributed by atoms with Gasteiger partial charge in [-0.3, -0.25) is 0 Å². The number of ether oxygens (including phenoxy) is 1. The number of piperidine rings is 1. The molecule has 1 aliphatic heterocycles. The van der Waals surface area contributed by atoms with Crippen molar-refractivity contribution in [3.05, 3.63) is 58.9 Å². The first-order valence-electron chi connectivity index (χ1n) is 10.3. The summed E-state index contributed by atoms with van der Waals surface area (Å²) in [5.74, 6) is 6.93. The average Bonchev–Trinajstić information content (AvgIpc) is 2.74. The van der Waals surface area contributed by atoms with Crippen LogP contribution in [0.15, 0.2) is 42.6 Å². The molecule has 1 aromatic heterocycles. The Morgan fingerprint density at radius 3 is 2.90 bits per heavy atom. The number of halogens is 1. The van der Waals surface area contributed by atoms with Crippen molar-refractivity contribution in [1.82, 2.24) is 10.3 Å². The SMILES string of the molecule is OCCCCC#Cc1ccc(OCC2(Cc3cccc(Cl)c3)CCCNC2)cn1. The van der Waals surface area contributed by atoms with Gasteiger partial charge in [0.15, 0.2) is 0 Å². The Bertz CT molecular complexity index is 821. The van der Waals surface area contributed by atoms with Crippen molar-refractivity contribution >= 4 is 11.6 Å².